The zero-order chi connectivity index (χ0) is 10.6. The van der Waals surface area contributed by atoms with Crippen molar-refractivity contribution in [2.24, 2.45) is 5.73 Å². The first-order valence-electron chi connectivity index (χ1n) is 4.21. The molecule has 1 rings (SSSR count). The van der Waals surface area contributed by atoms with Gasteiger partial charge in [-0.15, -0.1) is 5.10 Å². The number of aryl methyl sites for hydroxylation is 1. The first-order valence-corrected chi connectivity index (χ1v) is 4.21. The molecule has 1 unspecified atom stereocenters. The summed E-state index contributed by atoms with van der Waals surface area (Å²) in [5.74, 6) is -1.21. The van der Waals surface area contributed by atoms with Crippen LogP contribution in [0.3, 0.4) is 0 Å². The second-order valence-corrected chi connectivity index (χ2v) is 2.96. The summed E-state index contributed by atoms with van der Waals surface area (Å²) in [5, 5.41) is 16.1. The van der Waals surface area contributed by atoms with Gasteiger partial charge in [0.1, 0.15) is 6.33 Å². The molecule has 0 aliphatic carbocycles. The highest BCUT2D eigenvalue weighted by atomic mass is 16.4. The molecular formula is C8H12N4O2. The number of nitrogens with zero attached hydrogens (tertiary/aromatic N) is 3. The minimum Gasteiger partial charge on any atom is -0.481 e. The van der Waals surface area contributed by atoms with Crippen molar-refractivity contribution >= 4 is 5.97 Å². The number of rotatable bonds is 4. The Morgan fingerprint density at radius 2 is 2.43 bits per heavy atom. The largest absolute Gasteiger partial charge is 0.481 e. The Balaban J connectivity index is 2.89. The van der Waals surface area contributed by atoms with Gasteiger partial charge in [-0.3, -0.25) is 4.79 Å². The minimum atomic E-state index is -0.898. The molecule has 6 heteroatoms. The van der Waals surface area contributed by atoms with Crippen LogP contribution in [0.5, 0.6) is 0 Å². The summed E-state index contributed by atoms with van der Waals surface area (Å²) in [5.41, 5.74) is 6.71. The summed E-state index contributed by atoms with van der Waals surface area (Å²) in [6, 6.07) is 0. The number of carboxylic acid groups (broad SMARTS) is 1. The van der Waals surface area contributed by atoms with Crippen LogP contribution in [-0.2, 0) is 4.79 Å². The van der Waals surface area contributed by atoms with Gasteiger partial charge in [0.05, 0.1) is 17.8 Å². The molecular weight excluding hydrogens is 184 g/mol. The number of carboxylic acids is 1. The Morgan fingerprint density at radius 1 is 1.71 bits per heavy atom. The SMILES string of the molecule is Cc1ncnnc1C(CN)CC(=O)O. The van der Waals surface area contributed by atoms with E-state index < -0.39 is 5.97 Å². The van der Waals surface area contributed by atoms with Gasteiger partial charge in [0.25, 0.3) is 0 Å². The fourth-order valence-corrected chi connectivity index (χ4v) is 1.22. The second-order valence-electron chi connectivity index (χ2n) is 2.96. The van der Waals surface area contributed by atoms with Crippen LogP contribution in [0.25, 0.3) is 0 Å². The van der Waals surface area contributed by atoms with Crippen LogP contribution in [0, 0.1) is 6.92 Å². The number of nitrogens with two attached hydrogens (primary N) is 1. The first kappa shape index (κ1) is 10.5. The van der Waals surface area contributed by atoms with E-state index in [1.807, 2.05) is 0 Å². The minimum absolute atomic E-state index is 0.0439. The average Bonchev–Trinajstić information content (AvgIpc) is 2.15. The van der Waals surface area contributed by atoms with Crippen LogP contribution in [0.15, 0.2) is 6.33 Å². The molecule has 0 aliphatic heterocycles. The molecule has 3 N–H and O–H groups in total. The number of aromatic nitrogens is 3. The third kappa shape index (κ3) is 2.46. The molecule has 0 saturated heterocycles. The molecule has 0 fully saturated rings. The highest BCUT2D eigenvalue weighted by Gasteiger charge is 2.18. The van der Waals surface area contributed by atoms with E-state index in [0.717, 1.165) is 0 Å². The van der Waals surface area contributed by atoms with Crippen molar-refractivity contribution in [3.63, 3.8) is 0 Å². The van der Waals surface area contributed by atoms with E-state index in [-0.39, 0.29) is 18.9 Å². The van der Waals surface area contributed by atoms with Gasteiger partial charge in [0, 0.05) is 12.5 Å². The highest BCUT2D eigenvalue weighted by molar-refractivity contribution is 5.68. The van der Waals surface area contributed by atoms with Crippen LogP contribution >= 0.6 is 0 Å². The molecule has 0 bridgehead atoms. The Hall–Kier alpha value is -1.56. The monoisotopic (exact) mass is 196 g/mol. The highest BCUT2D eigenvalue weighted by Crippen LogP contribution is 2.17. The van der Waals surface area contributed by atoms with Gasteiger partial charge in [-0.2, -0.15) is 5.10 Å². The van der Waals surface area contributed by atoms with Crippen LogP contribution in [0.4, 0.5) is 0 Å². The lowest BCUT2D eigenvalue weighted by atomic mass is 10.0. The van der Waals surface area contributed by atoms with Crippen molar-refractivity contribution in [1.29, 1.82) is 0 Å². The predicted molar refractivity (Wildman–Crippen MR) is 48.6 cm³/mol. The van der Waals surface area contributed by atoms with Crippen LogP contribution in [0.1, 0.15) is 23.7 Å². The van der Waals surface area contributed by atoms with E-state index in [1.54, 1.807) is 6.92 Å². The van der Waals surface area contributed by atoms with E-state index in [4.69, 9.17) is 10.8 Å². The summed E-state index contributed by atoms with van der Waals surface area (Å²) in [6.45, 7) is 1.99. The summed E-state index contributed by atoms with van der Waals surface area (Å²) >= 11 is 0. The van der Waals surface area contributed by atoms with Crippen molar-refractivity contribution in [3.8, 4) is 0 Å². The van der Waals surface area contributed by atoms with Crippen LogP contribution in [-0.4, -0.2) is 32.8 Å². The lowest BCUT2D eigenvalue weighted by Gasteiger charge is -2.11. The van der Waals surface area contributed by atoms with Gasteiger partial charge >= 0.3 is 5.97 Å². The molecule has 1 aromatic heterocycles. The molecule has 6 nitrogen and oxygen atoms in total. The van der Waals surface area contributed by atoms with Crippen molar-refractivity contribution in [2.75, 3.05) is 6.54 Å². The van der Waals surface area contributed by atoms with E-state index in [0.29, 0.717) is 11.4 Å². The molecule has 76 valence electrons. The molecule has 0 saturated carbocycles. The smallest absolute Gasteiger partial charge is 0.304 e. The molecule has 0 radical (unpaired) electrons. The predicted octanol–water partition coefficient (Wildman–Crippen LogP) is -0.303. The Kier molecular flexibility index (Phi) is 3.47. The maximum Gasteiger partial charge on any atom is 0.304 e. The Bertz CT molecular complexity index is 329. The summed E-state index contributed by atoms with van der Waals surface area (Å²) < 4.78 is 0. The third-order valence-electron chi connectivity index (χ3n) is 1.93. The molecule has 1 aromatic rings. The normalized spacial score (nSPS) is 12.4. The summed E-state index contributed by atoms with van der Waals surface area (Å²) in [6.07, 6.45) is 1.28. The molecule has 1 atom stereocenters. The Morgan fingerprint density at radius 3 is 2.93 bits per heavy atom. The fraction of sp³-hybridized carbons (Fsp3) is 0.500. The van der Waals surface area contributed by atoms with Crippen molar-refractivity contribution in [3.05, 3.63) is 17.7 Å². The quantitative estimate of drug-likeness (QED) is 0.685. The van der Waals surface area contributed by atoms with Crippen LogP contribution in [0.2, 0.25) is 0 Å². The zero-order valence-electron chi connectivity index (χ0n) is 7.84. The molecule has 14 heavy (non-hydrogen) atoms. The molecule has 0 spiro atoms. The average molecular weight is 196 g/mol. The number of hydrogen-bond donors (Lipinski definition) is 2. The van der Waals surface area contributed by atoms with Crippen molar-refractivity contribution in [1.82, 2.24) is 15.2 Å². The number of aliphatic carboxylic acids is 1. The summed E-state index contributed by atoms with van der Waals surface area (Å²) in [4.78, 5) is 14.5. The molecule has 0 amide bonds. The molecule has 0 aromatic carbocycles. The van der Waals surface area contributed by atoms with Gasteiger partial charge in [-0.1, -0.05) is 0 Å². The first-order chi connectivity index (χ1) is 6.65. The van der Waals surface area contributed by atoms with Crippen LogP contribution < -0.4 is 5.73 Å². The second kappa shape index (κ2) is 4.61. The lowest BCUT2D eigenvalue weighted by molar-refractivity contribution is -0.137. The zero-order valence-corrected chi connectivity index (χ0v) is 7.84. The van der Waals surface area contributed by atoms with Gasteiger partial charge in [-0.25, -0.2) is 4.98 Å². The van der Waals surface area contributed by atoms with E-state index in [9.17, 15) is 4.79 Å². The third-order valence-corrected chi connectivity index (χ3v) is 1.93. The van der Waals surface area contributed by atoms with E-state index in [2.05, 4.69) is 15.2 Å². The van der Waals surface area contributed by atoms with Gasteiger partial charge in [0.2, 0.25) is 0 Å². The van der Waals surface area contributed by atoms with Gasteiger partial charge in [-0.05, 0) is 6.92 Å². The summed E-state index contributed by atoms with van der Waals surface area (Å²) in [7, 11) is 0. The number of hydrogen-bond acceptors (Lipinski definition) is 5. The molecule has 0 aliphatic rings. The topological polar surface area (TPSA) is 102 Å². The van der Waals surface area contributed by atoms with Gasteiger partial charge < -0.3 is 10.8 Å². The van der Waals surface area contributed by atoms with E-state index in [1.165, 1.54) is 6.33 Å². The standard InChI is InChI=1S/C8H12N4O2/c1-5-8(12-11-4-10-5)6(3-9)2-7(13)14/h4,6H,2-3,9H2,1H3,(H,13,14). The fourth-order valence-electron chi connectivity index (χ4n) is 1.22. The van der Waals surface area contributed by atoms with Crippen molar-refractivity contribution in [2.45, 2.75) is 19.3 Å². The maximum absolute atomic E-state index is 10.5. The lowest BCUT2D eigenvalue weighted by Crippen LogP contribution is -2.19. The number of carbonyl (C=O) groups is 1. The Labute approximate surface area is 81.2 Å². The molecule has 1 heterocycles. The van der Waals surface area contributed by atoms with Crippen molar-refractivity contribution < 1.29 is 9.90 Å². The van der Waals surface area contributed by atoms with Gasteiger partial charge in [0.15, 0.2) is 0 Å². The maximum atomic E-state index is 10.5. The van der Waals surface area contributed by atoms with E-state index >= 15 is 0 Å².